The van der Waals surface area contributed by atoms with Gasteiger partial charge in [-0.3, -0.25) is 4.68 Å². The summed E-state index contributed by atoms with van der Waals surface area (Å²) in [5.74, 6) is 0. The van der Waals surface area contributed by atoms with E-state index in [2.05, 4.69) is 5.10 Å². The molecule has 0 N–H and O–H groups in total. The number of nitrogens with zero attached hydrogens (tertiary/aromatic N) is 3. The lowest BCUT2D eigenvalue weighted by Crippen LogP contribution is -2.51. The summed E-state index contributed by atoms with van der Waals surface area (Å²) in [6.07, 6.45) is -3.94. The molecule has 1 aromatic rings. The van der Waals surface area contributed by atoms with Gasteiger partial charge < -0.3 is 0 Å². The molecule has 1 aliphatic rings. The topological polar surface area (TPSA) is 55.2 Å². The van der Waals surface area contributed by atoms with Crippen LogP contribution in [0.4, 0.5) is 13.2 Å². The molecule has 0 aliphatic carbocycles. The van der Waals surface area contributed by atoms with E-state index in [0.29, 0.717) is 22.8 Å². The summed E-state index contributed by atoms with van der Waals surface area (Å²) < 4.78 is 66.7. The van der Waals surface area contributed by atoms with Crippen LogP contribution in [0.5, 0.6) is 0 Å². The fourth-order valence-corrected chi connectivity index (χ4v) is 4.85. The molecule has 2 rings (SSSR count). The summed E-state index contributed by atoms with van der Waals surface area (Å²) in [4.78, 5) is -0.110. The Labute approximate surface area is 121 Å². The van der Waals surface area contributed by atoms with Crippen molar-refractivity contribution in [1.29, 1.82) is 0 Å². The van der Waals surface area contributed by atoms with Crippen LogP contribution >= 0.6 is 0 Å². The van der Waals surface area contributed by atoms with Gasteiger partial charge in [-0.25, -0.2) is 8.42 Å². The maximum atomic E-state index is 13.1. The third-order valence-corrected chi connectivity index (χ3v) is 6.00. The summed E-state index contributed by atoms with van der Waals surface area (Å²) in [5.41, 5.74) is 0.570. The molecule has 1 atom stereocenters. The highest BCUT2D eigenvalue weighted by molar-refractivity contribution is 7.89. The van der Waals surface area contributed by atoms with Crippen LogP contribution in [0, 0.1) is 13.8 Å². The quantitative estimate of drug-likeness (QED) is 0.837. The molecule has 0 spiro atoms. The molecule has 1 aromatic heterocycles. The zero-order valence-electron chi connectivity index (χ0n) is 12.1. The van der Waals surface area contributed by atoms with Gasteiger partial charge in [0.25, 0.3) is 0 Å². The third-order valence-electron chi connectivity index (χ3n) is 3.84. The van der Waals surface area contributed by atoms with E-state index >= 15 is 0 Å². The Morgan fingerprint density at radius 1 is 1.24 bits per heavy atom. The van der Waals surface area contributed by atoms with Crippen molar-refractivity contribution in [2.75, 3.05) is 6.54 Å². The van der Waals surface area contributed by atoms with Gasteiger partial charge >= 0.3 is 6.18 Å². The largest absolute Gasteiger partial charge is 0.405 e. The molecule has 0 bridgehead atoms. The van der Waals surface area contributed by atoms with E-state index in [1.807, 2.05) is 0 Å². The van der Waals surface area contributed by atoms with Crippen LogP contribution in [0.2, 0.25) is 0 Å². The van der Waals surface area contributed by atoms with E-state index < -0.39 is 22.2 Å². The van der Waals surface area contributed by atoms with Gasteiger partial charge in [0.2, 0.25) is 10.0 Å². The molecule has 0 radical (unpaired) electrons. The van der Waals surface area contributed by atoms with Crippen molar-refractivity contribution in [3.05, 3.63) is 11.4 Å². The highest BCUT2D eigenvalue weighted by atomic mass is 32.2. The smallest absolute Gasteiger partial charge is 0.271 e. The lowest BCUT2D eigenvalue weighted by atomic mass is 10.0. The van der Waals surface area contributed by atoms with E-state index in [1.165, 1.54) is 11.6 Å². The molecule has 1 aliphatic heterocycles. The fraction of sp³-hybridized carbons (Fsp3) is 0.750. The first-order valence-electron chi connectivity index (χ1n) is 6.65. The minimum atomic E-state index is -4.56. The van der Waals surface area contributed by atoms with Crippen LogP contribution in [0.25, 0.3) is 0 Å². The molecule has 2 heterocycles. The molecule has 5 nitrogen and oxygen atoms in total. The predicted molar refractivity (Wildman–Crippen MR) is 70.3 cm³/mol. The lowest BCUT2D eigenvalue weighted by Gasteiger charge is -2.35. The monoisotopic (exact) mass is 325 g/mol. The Kier molecular flexibility index (Phi) is 4.09. The van der Waals surface area contributed by atoms with E-state index in [9.17, 15) is 21.6 Å². The van der Waals surface area contributed by atoms with Crippen LogP contribution in [-0.4, -0.2) is 41.3 Å². The van der Waals surface area contributed by atoms with Crippen molar-refractivity contribution >= 4 is 10.0 Å². The molecule has 9 heteroatoms. The van der Waals surface area contributed by atoms with Crippen molar-refractivity contribution in [3.63, 3.8) is 0 Å². The minimum Gasteiger partial charge on any atom is -0.271 e. The molecule has 21 heavy (non-hydrogen) atoms. The van der Waals surface area contributed by atoms with E-state index in [-0.39, 0.29) is 23.6 Å². The van der Waals surface area contributed by atoms with Crippen molar-refractivity contribution in [1.82, 2.24) is 14.1 Å². The molecule has 0 saturated carbocycles. The molecule has 0 amide bonds. The summed E-state index contributed by atoms with van der Waals surface area (Å²) >= 11 is 0. The van der Waals surface area contributed by atoms with Gasteiger partial charge in [-0.2, -0.15) is 22.6 Å². The van der Waals surface area contributed by atoms with Gasteiger partial charge in [0.15, 0.2) is 0 Å². The highest BCUT2D eigenvalue weighted by Gasteiger charge is 2.49. The Balaban J connectivity index is 2.51. The van der Waals surface area contributed by atoms with Gasteiger partial charge in [0.1, 0.15) is 10.9 Å². The predicted octanol–water partition coefficient (Wildman–Crippen LogP) is 2.14. The molecule has 120 valence electrons. The minimum absolute atomic E-state index is 0.110. The molecular weight excluding hydrogens is 307 g/mol. The van der Waals surface area contributed by atoms with Gasteiger partial charge in [0.05, 0.1) is 11.4 Å². The van der Waals surface area contributed by atoms with Crippen LogP contribution in [-0.2, 0) is 17.1 Å². The zero-order valence-corrected chi connectivity index (χ0v) is 12.9. The normalized spacial score (nSPS) is 21.7. The Hall–Kier alpha value is -1.09. The number of alkyl halides is 3. The molecular formula is C12H18F3N3O2S. The molecule has 0 aromatic carbocycles. The maximum Gasteiger partial charge on any atom is 0.405 e. The van der Waals surface area contributed by atoms with Crippen molar-refractivity contribution in [2.45, 2.75) is 50.2 Å². The molecule has 1 unspecified atom stereocenters. The van der Waals surface area contributed by atoms with Crippen LogP contribution in [0.1, 0.15) is 30.7 Å². The standard InChI is InChI=1S/C12H18F3N3O2S/c1-8-11(9(2)17(3)16-8)21(19,20)18-7-5-4-6-10(18)12(13,14)15/h10H,4-7H2,1-3H3. The first kappa shape index (κ1) is 16.3. The zero-order chi connectivity index (χ0) is 16.0. The lowest BCUT2D eigenvalue weighted by molar-refractivity contribution is -0.177. The van der Waals surface area contributed by atoms with E-state index in [4.69, 9.17) is 0 Å². The Morgan fingerprint density at radius 3 is 2.33 bits per heavy atom. The average Bonchev–Trinajstić information content (AvgIpc) is 2.62. The van der Waals surface area contributed by atoms with Crippen molar-refractivity contribution in [2.24, 2.45) is 7.05 Å². The second kappa shape index (κ2) is 5.28. The molecule has 1 saturated heterocycles. The summed E-state index contributed by atoms with van der Waals surface area (Å²) in [5, 5.41) is 3.99. The van der Waals surface area contributed by atoms with E-state index in [1.54, 1.807) is 14.0 Å². The summed E-state index contributed by atoms with van der Waals surface area (Å²) in [6.45, 7) is 2.92. The van der Waals surface area contributed by atoms with Crippen LogP contribution in [0.15, 0.2) is 4.90 Å². The third kappa shape index (κ3) is 2.80. The van der Waals surface area contributed by atoms with Crippen molar-refractivity contribution in [3.8, 4) is 0 Å². The molecule has 1 fully saturated rings. The summed E-state index contributed by atoms with van der Waals surface area (Å²) in [6, 6.07) is -1.95. The number of aryl methyl sites for hydroxylation is 2. The van der Waals surface area contributed by atoms with Crippen molar-refractivity contribution < 1.29 is 21.6 Å². The summed E-state index contributed by atoms with van der Waals surface area (Å²) in [7, 11) is -2.64. The number of aromatic nitrogens is 2. The van der Waals surface area contributed by atoms with Crippen LogP contribution in [0.3, 0.4) is 0 Å². The first-order valence-corrected chi connectivity index (χ1v) is 8.09. The maximum absolute atomic E-state index is 13.1. The average molecular weight is 325 g/mol. The SMILES string of the molecule is Cc1nn(C)c(C)c1S(=O)(=O)N1CCCCC1C(F)(F)F. The first-order chi connectivity index (χ1) is 9.56. The number of piperidine rings is 1. The number of hydrogen-bond acceptors (Lipinski definition) is 3. The van der Waals surface area contributed by atoms with Gasteiger partial charge in [-0.15, -0.1) is 0 Å². The van der Waals surface area contributed by atoms with Gasteiger partial charge in [-0.1, -0.05) is 6.42 Å². The van der Waals surface area contributed by atoms with E-state index in [0.717, 1.165) is 0 Å². The van der Waals surface area contributed by atoms with Gasteiger partial charge in [0, 0.05) is 13.6 Å². The number of halogens is 3. The van der Waals surface area contributed by atoms with Gasteiger partial charge in [-0.05, 0) is 26.7 Å². The second-order valence-corrected chi connectivity index (χ2v) is 7.12. The number of sulfonamides is 1. The fourth-order valence-electron chi connectivity index (χ4n) is 2.76. The number of rotatable bonds is 2. The Morgan fingerprint density at radius 2 is 1.86 bits per heavy atom. The second-order valence-electron chi connectivity index (χ2n) is 5.29. The highest BCUT2D eigenvalue weighted by Crippen LogP contribution is 2.36. The Bertz CT molecular complexity index is 637. The number of hydrogen-bond donors (Lipinski definition) is 0. The van der Waals surface area contributed by atoms with Crippen LogP contribution < -0.4 is 0 Å².